The number of benzene rings is 1. The molecule has 0 saturated carbocycles. The lowest BCUT2D eigenvalue weighted by molar-refractivity contribution is 0.496. The van der Waals surface area contributed by atoms with Gasteiger partial charge in [-0.1, -0.05) is 6.07 Å². The Morgan fingerprint density at radius 2 is 2.04 bits per heavy atom. The summed E-state index contributed by atoms with van der Waals surface area (Å²) in [5, 5.41) is 9.04. The maximum atomic E-state index is 13.7. The number of oxazole rings is 1. The Morgan fingerprint density at radius 3 is 2.84 bits per heavy atom. The Kier molecular flexibility index (Phi) is 4.02. The van der Waals surface area contributed by atoms with Crippen LogP contribution in [-0.4, -0.2) is 9.97 Å². The van der Waals surface area contributed by atoms with Crippen molar-refractivity contribution in [1.29, 1.82) is 5.26 Å². The van der Waals surface area contributed by atoms with Crippen LogP contribution >= 0.6 is 0 Å². The zero-order valence-electron chi connectivity index (χ0n) is 13.6. The number of aryl methyl sites for hydroxylation is 2. The van der Waals surface area contributed by atoms with Crippen LogP contribution in [0.5, 0.6) is 0 Å². The minimum Gasteiger partial charge on any atom is -0.440 e. The third-order valence-electron chi connectivity index (χ3n) is 4.63. The third-order valence-corrected chi connectivity index (χ3v) is 4.63. The van der Waals surface area contributed by atoms with E-state index in [0.29, 0.717) is 11.5 Å². The number of nitrogens with zero attached hydrogens (tertiary/aromatic N) is 3. The van der Waals surface area contributed by atoms with Crippen LogP contribution in [0.1, 0.15) is 41.3 Å². The van der Waals surface area contributed by atoms with Gasteiger partial charge in [-0.2, -0.15) is 5.26 Å². The molecule has 1 aliphatic rings. The van der Waals surface area contributed by atoms with Crippen molar-refractivity contribution in [3.8, 4) is 17.7 Å². The molecule has 0 spiro atoms. The second kappa shape index (κ2) is 6.48. The Bertz CT molecular complexity index is 918. The molecule has 0 fully saturated rings. The number of aromatic nitrogens is 2. The molecule has 0 radical (unpaired) electrons. The van der Waals surface area contributed by atoms with E-state index in [9.17, 15) is 4.39 Å². The second-order valence-corrected chi connectivity index (χ2v) is 6.26. The molecule has 3 aromatic rings. The molecule has 2 aromatic heterocycles. The van der Waals surface area contributed by atoms with Crippen molar-refractivity contribution >= 4 is 0 Å². The van der Waals surface area contributed by atoms with E-state index in [1.807, 2.05) is 24.3 Å². The van der Waals surface area contributed by atoms with Crippen LogP contribution in [0, 0.1) is 17.1 Å². The van der Waals surface area contributed by atoms with Gasteiger partial charge in [0.1, 0.15) is 17.3 Å². The SMILES string of the molecule is N#Cc1cc(F)cc(C2CCc3nc(-c4ccccn4)oc3CC2)c1. The largest absolute Gasteiger partial charge is 0.440 e. The number of halogens is 1. The first-order valence-corrected chi connectivity index (χ1v) is 8.33. The van der Waals surface area contributed by atoms with Gasteiger partial charge in [0.15, 0.2) is 0 Å². The van der Waals surface area contributed by atoms with Crippen LogP contribution in [0.2, 0.25) is 0 Å². The highest BCUT2D eigenvalue weighted by Gasteiger charge is 2.23. The van der Waals surface area contributed by atoms with Gasteiger partial charge in [0, 0.05) is 12.6 Å². The van der Waals surface area contributed by atoms with Crippen molar-refractivity contribution in [2.24, 2.45) is 0 Å². The molecule has 1 unspecified atom stereocenters. The molecule has 2 heterocycles. The van der Waals surface area contributed by atoms with Gasteiger partial charge < -0.3 is 4.42 Å². The quantitative estimate of drug-likeness (QED) is 0.652. The minimum atomic E-state index is -0.356. The summed E-state index contributed by atoms with van der Waals surface area (Å²) in [7, 11) is 0. The van der Waals surface area contributed by atoms with Gasteiger partial charge in [0.2, 0.25) is 5.89 Å². The highest BCUT2D eigenvalue weighted by atomic mass is 19.1. The standard InChI is InChI=1S/C20H16FN3O/c21-16-10-13(12-22)9-15(11-16)14-4-6-17-19(7-5-14)25-20(24-17)18-3-1-2-8-23-18/h1-3,8-11,14H,4-7H2. The second-order valence-electron chi connectivity index (χ2n) is 6.26. The predicted molar refractivity (Wildman–Crippen MR) is 90.2 cm³/mol. The summed E-state index contributed by atoms with van der Waals surface area (Å²) in [6.07, 6.45) is 4.94. The number of rotatable bonds is 2. The average molecular weight is 333 g/mol. The lowest BCUT2D eigenvalue weighted by Crippen LogP contribution is -2.01. The first-order valence-electron chi connectivity index (χ1n) is 8.33. The van der Waals surface area contributed by atoms with Gasteiger partial charge in [-0.3, -0.25) is 4.98 Å². The van der Waals surface area contributed by atoms with Gasteiger partial charge in [-0.25, -0.2) is 9.37 Å². The van der Waals surface area contributed by atoms with E-state index < -0.39 is 0 Å². The Labute approximate surface area is 145 Å². The molecule has 25 heavy (non-hydrogen) atoms. The smallest absolute Gasteiger partial charge is 0.245 e. The molecule has 1 aliphatic carbocycles. The molecule has 4 nitrogen and oxygen atoms in total. The topological polar surface area (TPSA) is 62.7 Å². The van der Waals surface area contributed by atoms with Crippen LogP contribution in [0.15, 0.2) is 47.0 Å². The number of fused-ring (bicyclic) bond motifs is 1. The predicted octanol–water partition coefficient (Wildman–Crippen LogP) is 4.41. The van der Waals surface area contributed by atoms with E-state index >= 15 is 0 Å². The van der Waals surface area contributed by atoms with Crippen LogP contribution in [-0.2, 0) is 12.8 Å². The third kappa shape index (κ3) is 3.16. The first-order chi connectivity index (χ1) is 12.2. The van der Waals surface area contributed by atoms with Crippen LogP contribution < -0.4 is 0 Å². The van der Waals surface area contributed by atoms with E-state index in [-0.39, 0.29) is 11.7 Å². The molecule has 0 bridgehead atoms. The molecule has 124 valence electrons. The lowest BCUT2D eigenvalue weighted by Gasteiger charge is -2.14. The average Bonchev–Trinajstić information content (AvgIpc) is 2.95. The summed E-state index contributed by atoms with van der Waals surface area (Å²) >= 11 is 0. The van der Waals surface area contributed by atoms with E-state index in [2.05, 4.69) is 9.97 Å². The fourth-order valence-corrected chi connectivity index (χ4v) is 3.38. The van der Waals surface area contributed by atoms with Gasteiger partial charge in [0.25, 0.3) is 0 Å². The zero-order valence-corrected chi connectivity index (χ0v) is 13.6. The number of pyridine rings is 1. The Balaban J connectivity index is 1.56. The highest BCUT2D eigenvalue weighted by Crippen LogP contribution is 2.34. The normalized spacial score (nSPS) is 16.7. The summed E-state index contributed by atoms with van der Waals surface area (Å²) in [5.41, 5.74) is 2.94. The molecular weight excluding hydrogens is 317 g/mol. The molecular formula is C20H16FN3O. The van der Waals surface area contributed by atoms with Crippen LogP contribution in [0.4, 0.5) is 4.39 Å². The fourth-order valence-electron chi connectivity index (χ4n) is 3.38. The molecule has 4 rings (SSSR count). The van der Waals surface area contributed by atoms with Crippen molar-refractivity contribution in [2.45, 2.75) is 31.6 Å². The van der Waals surface area contributed by atoms with E-state index in [1.54, 1.807) is 12.3 Å². The van der Waals surface area contributed by atoms with E-state index in [1.165, 1.54) is 12.1 Å². The Hall–Kier alpha value is -3.00. The summed E-state index contributed by atoms with van der Waals surface area (Å²) in [4.78, 5) is 8.88. The summed E-state index contributed by atoms with van der Waals surface area (Å²) in [5.74, 6) is 1.29. The molecule has 0 amide bonds. The molecule has 0 aliphatic heterocycles. The monoisotopic (exact) mass is 333 g/mol. The van der Waals surface area contributed by atoms with E-state index in [0.717, 1.165) is 48.4 Å². The van der Waals surface area contributed by atoms with Crippen molar-refractivity contribution in [2.75, 3.05) is 0 Å². The number of hydrogen-bond donors (Lipinski definition) is 0. The Morgan fingerprint density at radius 1 is 1.16 bits per heavy atom. The fraction of sp³-hybridized carbons (Fsp3) is 0.250. The summed E-state index contributed by atoms with van der Waals surface area (Å²) < 4.78 is 19.7. The summed E-state index contributed by atoms with van der Waals surface area (Å²) in [6.45, 7) is 0. The maximum absolute atomic E-state index is 13.7. The maximum Gasteiger partial charge on any atom is 0.245 e. The summed E-state index contributed by atoms with van der Waals surface area (Å²) in [6, 6.07) is 12.3. The van der Waals surface area contributed by atoms with E-state index in [4.69, 9.17) is 9.68 Å². The first kappa shape index (κ1) is 15.5. The number of nitriles is 1. The minimum absolute atomic E-state index is 0.200. The molecule has 0 saturated heterocycles. The van der Waals surface area contributed by atoms with Crippen molar-refractivity contribution < 1.29 is 8.81 Å². The van der Waals surface area contributed by atoms with Gasteiger partial charge in [0.05, 0.1) is 17.3 Å². The van der Waals surface area contributed by atoms with Crippen LogP contribution in [0.3, 0.4) is 0 Å². The van der Waals surface area contributed by atoms with Crippen molar-refractivity contribution in [3.05, 3.63) is 71.0 Å². The molecule has 5 heteroatoms. The molecule has 0 N–H and O–H groups in total. The van der Waals surface area contributed by atoms with Gasteiger partial charge >= 0.3 is 0 Å². The van der Waals surface area contributed by atoms with Crippen molar-refractivity contribution in [1.82, 2.24) is 9.97 Å². The van der Waals surface area contributed by atoms with Crippen LogP contribution in [0.25, 0.3) is 11.6 Å². The van der Waals surface area contributed by atoms with Gasteiger partial charge in [-0.15, -0.1) is 0 Å². The molecule has 1 atom stereocenters. The van der Waals surface area contributed by atoms with Gasteiger partial charge in [-0.05, 0) is 61.1 Å². The molecule has 1 aromatic carbocycles. The highest BCUT2D eigenvalue weighted by molar-refractivity contribution is 5.47. The zero-order chi connectivity index (χ0) is 17.2. The number of hydrogen-bond acceptors (Lipinski definition) is 4. The lowest BCUT2D eigenvalue weighted by atomic mass is 9.90. The van der Waals surface area contributed by atoms with Crippen molar-refractivity contribution in [3.63, 3.8) is 0 Å².